The number of methoxy groups -OCH3 is 1. The summed E-state index contributed by atoms with van der Waals surface area (Å²) in [7, 11) is 1.41. The first-order valence-electron chi connectivity index (χ1n) is 5.29. The van der Waals surface area contributed by atoms with Gasteiger partial charge in [0.05, 0.1) is 7.11 Å². The van der Waals surface area contributed by atoms with Gasteiger partial charge in [0.25, 0.3) is 5.91 Å². The summed E-state index contributed by atoms with van der Waals surface area (Å²) >= 11 is 3.29. The summed E-state index contributed by atoms with van der Waals surface area (Å²) in [5, 5.41) is 3.50. The average molecular weight is 304 g/mol. The van der Waals surface area contributed by atoms with E-state index in [0.29, 0.717) is 0 Å². The van der Waals surface area contributed by atoms with Crippen LogP contribution in [0, 0.1) is 5.82 Å². The summed E-state index contributed by atoms with van der Waals surface area (Å²) in [5.74, 6) is -0.783. The molecule has 3 nitrogen and oxygen atoms in total. The van der Waals surface area contributed by atoms with Crippen LogP contribution in [0.4, 0.5) is 4.39 Å². The Labute approximate surface area is 108 Å². The normalized spacial score (nSPS) is 12.0. The molecule has 0 heterocycles. The van der Waals surface area contributed by atoms with Gasteiger partial charge < -0.3 is 10.1 Å². The molecule has 0 bridgehead atoms. The van der Waals surface area contributed by atoms with Crippen LogP contribution in [0.3, 0.4) is 0 Å². The van der Waals surface area contributed by atoms with Gasteiger partial charge in [-0.15, -0.1) is 0 Å². The quantitative estimate of drug-likeness (QED) is 0.850. The van der Waals surface area contributed by atoms with Crippen LogP contribution in [0.5, 0.6) is 5.75 Å². The lowest BCUT2D eigenvalue weighted by Gasteiger charge is -2.14. The number of ether oxygens (including phenoxy) is 1. The van der Waals surface area contributed by atoms with E-state index in [-0.39, 0.29) is 17.4 Å². The highest BCUT2D eigenvalue weighted by molar-refractivity contribution is 9.09. The predicted molar refractivity (Wildman–Crippen MR) is 68.3 cm³/mol. The molecule has 1 unspecified atom stereocenters. The second-order valence-electron chi connectivity index (χ2n) is 3.67. The number of carbonyl (C=O) groups is 1. The number of benzene rings is 1. The van der Waals surface area contributed by atoms with E-state index >= 15 is 0 Å². The summed E-state index contributed by atoms with van der Waals surface area (Å²) in [5.41, 5.74) is -0.0450. The molecule has 0 saturated carbocycles. The maximum Gasteiger partial charge on any atom is 0.258 e. The maximum atomic E-state index is 13.6. The first-order chi connectivity index (χ1) is 8.10. The van der Waals surface area contributed by atoms with Gasteiger partial charge in [0.1, 0.15) is 17.1 Å². The summed E-state index contributed by atoms with van der Waals surface area (Å²) < 4.78 is 18.6. The number of hydrogen-bond donors (Lipinski definition) is 1. The van der Waals surface area contributed by atoms with Gasteiger partial charge in [0.2, 0.25) is 0 Å². The average Bonchev–Trinajstić information content (AvgIpc) is 2.28. The summed E-state index contributed by atoms with van der Waals surface area (Å²) in [6, 6.07) is 4.29. The first-order valence-corrected chi connectivity index (χ1v) is 6.41. The van der Waals surface area contributed by atoms with Crippen molar-refractivity contribution in [2.75, 3.05) is 12.4 Å². The molecule has 94 valence electrons. The third-order valence-corrected chi connectivity index (χ3v) is 2.80. The van der Waals surface area contributed by atoms with Crippen molar-refractivity contribution in [1.82, 2.24) is 5.32 Å². The Morgan fingerprint density at radius 1 is 1.59 bits per heavy atom. The number of amides is 1. The fourth-order valence-corrected chi connectivity index (χ4v) is 2.11. The van der Waals surface area contributed by atoms with Gasteiger partial charge in [-0.05, 0) is 25.5 Å². The minimum Gasteiger partial charge on any atom is -0.496 e. The van der Waals surface area contributed by atoms with E-state index < -0.39 is 11.7 Å². The Balaban J connectivity index is 2.88. The smallest absolute Gasteiger partial charge is 0.258 e. The Bertz CT molecular complexity index is 398. The van der Waals surface area contributed by atoms with Crippen LogP contribution in [-0.4, -0.2) is 24.4 Å². The highest BCUT2D eigenvalue weighted by Gasteiger charge is 2.18. The van der Waals surface area contributed by atoms with Crippen LogP contribution in [-0.2, 0) is 0 Å². The van der Waals surface area contributed by atoms with Crippen LogP contribution in [0.1, 0.15) is 23.7 Å². The maximum absolute atomic E-state index is 13.6. The molecule has 1 rings (SSSR count). The minimum absolute atomic E-state index is 0.0220. The van der Waals surface area contributed by atoms with E-state index in [1.165, 1.54) is 19.2 Å². The Morgan fingerprint density at radius 3 is 2.88 bits per heavy atom. The predicted octanol–water partition coefficient (Wildman–Crippen LogP) is 2.74. The monoisotopic (exact) mass is 303 g/mol. The molecule has 0 aromatic heterocycles. The lowest BCUT2D eigenvalue weighted by molar-refractivity contribution is 0.0932. The highest BCUT2D eigenvalue weighted by Crippen LogP contribution is 2.21. The van der Waals surface area contributed by atoms with Crippen LogP contribution in [0.25, 0.3) is 0 Å². The van der Waals surface area contributed by atoms with Crippen LogP contribution >= 0.6 is 15.9 Å². The molecule has 0 aliphatic carbocycles. The van der Waals surface area contributed by atoms with Crippen LogP contribution in [0.2, 0.25) is 0 Å². The van der Waals surface area contributed by atoms with Gasteiger partial charge in [-0.3, -0.25) is 4.79 Å². The minimum atomic E-state index is -0.576. The molecule has 0 spiro atoms. The van der Waals surface area contributed by atoms with Crippen molar-refractivity contribution in [2.45, 2.75) is 19.4 Å². The van der Waals surface area contributed by atoms with Crippen LogP contribution in [0.15, 0.2) is 18.2 Å². The van der Waals surface area contributed by atoms with E-state index in [4.69, 9.17) is 4.74 Å². The zero-order valence-corrected chi connectivity index (χ0v) is 11.4. The van der Waals surface area contributed by atoms with Crippen molar-refractivity contribution in [3.63, 3.8) is 0 Å². The van der Waals surface area contributed by atoms with E-state index in [0.717, 1.165) is 11.8 Å². The van der Waals surface area contributed by atoms with Gasteiger partial charge in [0.15, 0.2) is 0 Å². The molecule has 5 heteroatoms. The molecule has 0 radical (unpaired) electrons. The van der Waals surface area contributed by atoms with E-state index in [1.54, 1.807) is 6.07 Å². The van der Waals surface area contributed by atoms with E-state index in [1.807, 2.05) is 6.92 Å². The molecule has 0 aliphatic heterocycles. The zero-order chi connectivity index (χ0) is 12.8. The highest BCUT2D eigenvalue weighted by atomic mass is 79.9. The van der Waals surface area contributed by atoms with E-state index in [9.17, 15) is 9.18 Å². The van der Waals surface area contributed by atoms with Crippen molar-refractivity contribution < 1.29 is 13.9 Å². The second kappa shape index (κ2) is 6.59. The molecular weight excluding hydrogens is 289 g/mol. The SMILES string of the molecule is COc1cccc(F)c1C(=O)NC(C)CCBr. The Morgan fingerprint density at radius 2 is 2.29 bits per heavy atom. The zero-order valence-electron chi connectivity index (χ0n) is 9.80. The summed E-state index contributed by atoms with van der Waals surface area (Å²) in [6.07, 6.45) is 0.780. The third kappa shape index (κ3) is 3.70. The molecule has 0 aliphatic rings. The third-order valence-electron chi connectivity index (χ3n) is 2.34. The summed E-state index contributed by atoms with van der Waals surface area (Å²) in [4.78, 5) is 11.9. The van der Waals surface area contributed by atoms with Crippen molar-refractivity contribution >= 4 is 21.8 Å². The Kier molecular flexibility index (Phi) is 5.41. The van der Waals surface area contributed by atoms with Crippen LogP contribution < -0.4 is 10.1 Å². The largest absolute Gasteiger partial charge is 0.496 e. The molecule has 0 fully saturated rings. The first kappa shape index (κ1) is 14.0. The number of carbonyl (C=O) groups excluding carboxylic acids is 1. The number of rotatable bonds is 5. The van der Waals surface area contributed by atoms with Crippen molar-refractivity contribution in [2.24, 2.45) is 0 Å². The van der Waals surface area contributed by atoms with Gasteiger partial charge in [-0.1, -0.05) is 22.0 Å². The lowest BCUT2D eigenvalue weighted by Crippen LogP contribution is -2.33. The molecule has 0 saturated heterocycles. The van der Waals surface area contributed by atoms with Crippen molar-refractivity contribution in [3.05, 3.63) is 29.6 Å². The number of hydrogen-bond acceptors (Lipinski definition) is 2. The number of alkyl halides is 1. The lowest BCUT2D eigenvalue weighted by atomic mass is 10.1. The molecule has 1 amide bonds. The molecule has 1 aromatic rings. The molecule has 1 N–H and O–H groups in total. The molecule has 17 heavy (non-hydrogen) atoms. The van der Waals surface area contributed by atoms with Gasteiger partial charge in [-0.2, -0.15) is 0 Å². The summed E-state index contributed by atoms with van der Waals surface area (Å²) in [6.45, 7) is 1.87. The standard InChI is InChI=1S/C12H15BrFNO2/c1-8(6-7-13)15-12(16)11-9(14)4-3-5-10(11)17-2/h3-5,8H,6-7H2,1-2H3,(H,15,16). The molecule has 1 aromatic carbocycles. The topological polar surface area (TPSA) is 38.3 Å². The fourth-order valence-electron chi connectivity index (χ4n) is 1.43. The van der Waals surface area contributed by atoms with Crippen molar-refractivity contribution in [3.8, 4) is 5.75 Å². The Hall–Kier alpha value is -1.10. The van der Waals surface area contributed by atoms with Gasteiger partial charge >= 0.3 is 0 Å². The fraction of sp³-hybridized carbons (Fsp3) is 0.417. The van der Waals surface area contributed by atoms with Gasteiger partial charge in [-0.25, -0.2) is 4.39 Å². The molecular formula is C12H15BrFNO2. The van der Waals surface area contributed by atoms with Crippen molar-refractivity contribution in [1.29, 1.82) is 0 Å². The van der Waals surface area contributed by atoms with E-state index in [2.05, 4.69) is 21.2 Å². The molecule has 1 atom stereocenters. The van der Waals surface area contributed by atoms with Gasteiger partial charge in [0, 0.05) is 11.4 Å². The number of nitrogens with one attached hydrogen (secondary N) is 1. The number of halogens is 2. The second-order valence-corrected chi connectivity index (χ2v) is 4.46.